The highest BCUT2D eigenvalue weighted by molar-refractivity contribution is 6.05. The first kappa shape index (κ1) is 14.6. The van der Waals surface area contributed by atoms with Gasteiger partial charge in [-0.1, -0.05) is 6.92 Å². The summed E-state index contributed by atoms with van der Waals surface area (Å²) >= 11 is 0. The molecule has 0 radical (unpaired) electrons. The molecule has 3 N–H and O–H groups in total. The third-order valence-electron chi connectivity index (χ3n) is 3.21. The molecule has 1 fully saturated rings. The van der Waals surface area contributed by atoms with Gasteiger partial charge in [-0.15, -0.1) is 0 Å². The lowest BCUT2D eigenvalue weighted by atomic mass is 10.2. The molecule has 6 nitrogen and oxygen atoms in total. The molecule has 3 amide bonds. The number of hydrogen-bond donors (Lipinski definition) is 2. The van der Waals surface area contributed by atoms with E-state index in [1.54, 1.807) is 0 Å². The maximum Gasteiger partial charge on any atom is 0.247 e. The van der Waals surface area contributed by atoms with Crippen molar-refractivity contribution < 1.29 is 14.4 Å². The van der Waals surface area contributed by atoms with Crippen LogP contribution in [0.25, 0.3) is 0 Å². The van der Waals surface area contributed by atoms with Crippen LogP contribution in [0.1, 0.15) is 39.5 Å². The normalized spacial score (nSPS) is 21.4. The highest BCUT2D eigenvalue weighted by Crippen LogP contribution is 2.17. The molecular weight excluding hydrogens is 234 g/mol. The number of carbonyl (C=O) groups is 3. The van der Waals surface area contributed by atoms with Gasteiger partial charge in [0.2, 0.25) is 17.7 Å². The maximum atomic E-state index is 12.0. The Kier molecular flexibility index (Phi) is 5.27. The molecule has 18 heavy (non-hydrogen) atoms. The van der Waals surface area contributed by atoms with Crippen molar-refractivity contribution in [2.75, 3.05) is 6.54 Å². The van der Waals surface area contributed by atoms with Gasteiger partial charge in [0.25, 0.3) is 0 Å². The topological polar surface area (TPSA) is 92.5 Å². The van der Waals surface area contributed by atoms with E-state index in [0.717, 1.165) is 6.42 Å². The van der Waals surface area contributed by atoms with Crippen molar-refractivity contribution in [2.24, 2.45) is 5.73 Å². The summed E-state index contributed by atoms with van der Waals surface area (Å²) in [5.74, 6) is -0.637. The molecule has 1 aliphatic heterocycles. The largest absolute Gasteiger partial charge is 0.370 e. The summed E-state index contributed by atoms with van der Waals surface area (Å²) in [7, 11) is 0. The molecule has 2 atom stereocenters. The Morgan fingerprint density at radius 2 is 2.22 bits per heavy atom. The summed E-state index contributed by atoms with van der Waals surface area (Å²) in [6.07, 6.45) is 1.83. The van der Waals surface area contributed by atoms with Gasteiger partial charge in [-0.05, 0) is 26.3 Å². The Morgan fingerprint density at radius 3 is 2.78 bits per heavy atom. The minimum Gasteiger partial charge on any atom is -0.370 e. The van der Waals surface area contributed by atoms with Crippen LogP contribution < -0.4 is 11.1 Å². The molecule has 1 aliphatic rings. The van der Waals surface area contributed by atoms with Gasteiger partial charge in [-0.3, -0.25) is 19.3 Å². The maximum absolute atomic E-state index is 12.0. The summed E-state index contributed by atoms with van der Waals surface area (Å²) in [5.41, 5.74) is 5.02. The number of nitrogens with one attached hydrogen (secondary N) is 1. The Labute approximate surface area is 107 Å². The fraction of sp³-hybridized carbons (Fsp3) is 0.750. The van der Waals surface area contributed by atoms with E-state index in [9.17, 15) is 14.4 Å². The average Bonchev–Trinajstić information content (AvgIpc) is 2.59. The fourth-order valence-electron chi connectivity index (χ4n) is 2.00. The lowest BCUT2D eigenvalue weighted by molar-refractivity contribution is -0.141. The summed E-state index contributed by atoms with van der Waals surface area (Å²) in [5, 5.41) is 3.01. The first-order chi connectivity index (χ1) is 8.47. The smallest absolute Gasteiger partial charge is 0.247 e. The number of primary amides is 1. The zero-order valence-corrected chi connectivity index (χ0v) is 10.9. The van der Waals surface area contributed by atoms with Crippen LogP contribution in [0.4, 0.5) is 0 Å². The van der Waals surface area contributed by atoms with E-state index in [1.807, 2.05) is 13.8 Å². The Hall–Kier alpha value is -1.43. The third-order valence-corrected chi connectivity index (χ3v) is 3.21. The predicted molar refractivity (Wildman–Crippen MR) is 66.4 cm³/mol. The van der Waals surface area contributed by atoms with Gasteiger partial charge in [-0.25, -0.2) is 0 Å². The molecule has 1 saturated heterocycles. The van der Waals surface area contributed by atoms with Gasteiger partial charge >= 0.3 is 0 Å². The second kappa shape index (κ2) is 6.49. The molecule has 0 spiro atoms. The van der Waals surface area contributed by atoms with Crippen LogP contribution in [0.3, 0.4) is 0 Å². The van der Waals surface area contributed by atoms with Gasteiger partial charge in [-0.2, -0.15) is 0 Å². The standard InChI is InChI=1S/C12H21N3O3/c1-3-8(2)15-11(17)7-9(12(15)18)14-6-4-5-10(13)16/h8-9,14H,3-7H2,1-2H3,(H2,13,16). The first-order valence-electron chi connectivity index (χ1n) is 6.35. The molecule has 0 aliphatic carbocycles. The van der Waals surface area contributed by atoms with E-state index in [4.69, 9.17) is 5.73 Å². The number of rotatable bonds is 7. The van der Waals surface area contributed by atoms with Crippen molar-refractivity contribution in [2.45, 2.75) is 51.6 Å². The number of amides is 3. The molecule has 0 aromatic heterocycles. The van der Waals surface area contributed by atoms with Crippen LogP contribution in [-0.4, -0.2) is 41.2 Å². The molecule has 2 unspecified atom stereocenters. The van der Waals surface area contributed by atoms with E-state index in [0.29, 0.717) is 13.0 Å². The van der Waals surface area contributed by atoms with Crippen molar-refractivity contribution in [3.05, 3.63) is 0 Å². The molecule has 1 heterocycles. The second-order valence-electron chi connectivity index (χ2n) is 4.64. The second-order valence-corrected chi connectivity index (χ2v) is 4.64. The van der Waals surface area contributed by atoms with Crippen molar-refractivity contribution >= 4 is 17.7 Å². The molecule has 0 bridgehead atoms. The molecule has 102 valence electrons. The van der Waals surface area contributed by atoms with Gasteiger partial charge in [0.05, 0.1) is 12.5 Å². The molecule has 0 saturated carbocycles. The van der Waals surface area contributed by atoms with Crippen molar-refractivity contribution in [1.29, 1.82) is 0 Å². The van der Waals surface area contributed by atoms with E-state index in [-0.39, 0.29) is 36.6 Å². The van der Waals surface area contributed by atoms with E-state index >= 15 is 0 Å². The zero-order chi connectivity index (χ0) is 13.7. The van der Waals surface area contributed by atoms with E-state index in [2.05, 4.69) is 5.32 Å². The number of imide groups is 1. The molecule has 0 aromatic rings. The summed E-state index contributed by atoms with van der Waals surface area (Å²) in [6, 6.07) is -0.498. The van der Waals surface area contributed by atoms with Crippen LogP contribution >= 0.6 is 0 Å². The Morgan fingerprint density at radius 1 is 1.56 bits per heavy atom. The summed E-state index contributed by atoms with van der Waals surface area (Å²) in [6.45, 7) is 4.32. The zero-order valence-electron chi connectivity index (χ0n) is 10.9. The number of nitrogens with two attached hydrogens (primary N) is 1. The van der Waals surface area contributed by atoms with Gasteiger partial charge in [0.15, 0.2) is 0 Å². The summed E-state index contributed by atoms with van der Waals surface area (Å²) < 4.78 is 0. The predicted octanol–water partition coefficient (Wildman–Crippen LogP) is -0.232. The Balaban J connectivity index is 2.43. The highest BCUT2D eigenvalue weighted by atomic mass is 16.2. The molecular formula is C12H21N3O3. The minimum absolute atomic E-state index is 0.0533. The van der Waals surface area contributed by atoms with Crippen molar-refractivity contribution in [3.8, 4) is 0 Å². The summed E-state index contributed by atoms with van der Waals surface area (Å²) in [4.78, 5) is 35.6. The van der Waals surface area contributed by atoms with Crippen LogP contribution in [-0.2, 0) is 14.4 Å². The third kappa shape index (κ3) is 3.53. The SMILES string of the molecule is CCC(C)N1C(=O)CC(NCCCC(N)=O)C1=O. The van der Waals surface area contributed by atoms with Crippen LogP contribution in [0.5, 0.6) is 0 Å². The van der Waals surface area contributed by atoms with Gasteiger partial charge in [0, 0.05) is 12.5 Å². The lowest BCUT2D eigenvalue weighted by Crippen LogP contribution is -2.43. The van der Waals surface area contributed by atoms with Crippen LogP contribution in [0.2, 0.25) is 0 Å². The first-order valence-corrected chi connectivity index (χ1v) is 6.35. The average molecular weight is 255 g/mol. The van der Waals surface area contributed by atoms with Gasteiger partial charge in [0.1, 0.15) is 0 Å². The molecule has 6 heteroatoms. The van der Waals surface area contributed by atoms with E-state index in [1.165, 1.54) is 4.90 Å². The fourth-order valence-corrected chi connectivity index (χ4v) is 2.00. The quantitative estimate of drug-likeness (QED) is 0.485. The van der Waals surface area contributed by atoms with Crippen LogP contribution in [0, 0.1) is 0 Å². The number of hydrogen-bond acceptors (Lipinski definition) is 4. The van der Waals surface area contributed by atoms with Gasteiger partial charge < -0.3 is 11.1 Å². The van der Waals surface area contributed by atoms with Crippen LogP contribution in [0.15, 0.2) is 0 Å². The highest BCUT2D eigenvalue weighted by Gasteiger charge is 2.39. The molecule has 0 aromatic carbocycles. The number of likely N-dealkylation sites (tertiary alicyclic amines) is 1. The number of carbonyl (C=O) groups excluding carboxylic acids is 3. The molecule has 1 rings (SSSR count). The number of nitrogens with zero attached hydrogens (tertiary/aromatic N) is 1. The van der Waals surface area contributed by atoms with E-state index < -0.39 is 6.04 Å². The van der Waals surface area contributed by atoms with Crippen molar-refractivity contribution in [3.63, 3.8) is 0 Å². The lowest BCUT2D eigenvalue weighted by Gasteiger charge is -2.21. The Bertz CT molecular complexity index is 343. The monoisotopic (exact) mass is 255 g/mol. The minimum atomic E-state index is -0.445. The van der Waals surface area contributed by atoms with Crippen molar-refractivity contribution in [1.82, 2.24) is 10.2 Å².